The van der Waals surface area contributed by atoms with E-state index in [1.165, 1.54) is 11.8 Å². The molecule has 92 valence electrons. The summed E-state index contributed by atoms with van der Waals surface area (Å²) in [6.45, 7) is 2.21. The highest BCUT2D eigenvalue weighted by molar-refractivity contribution is 8.01. The highest BCUT2D eigenvalue weighted by Crippen LogP contribution is 2.45. The summed E-state index contributed by atoms with van der Waals surface area (Å²) in [6, 6.07) is 9.87. The van der Waals surface area contributed by atoms with Gasteiger partial charge in [-0.05, 0) is 43.7 Å². The normalized spacial score (nSPS) is 28.9. The van der Waals surface area contributed by atoms with Crippen LogP contribution in [0.25, 0.3) is 0 Å². The molecule has 1 saturated carbocycles. The Morgan fingerprint density at radius 3 is 2.41 bits per heavy atom. The summed E-state index contributed by atoms with van der Waals surface area (Å²) < 4.78 is -0.603. The third-order valence-corrected chi connectivity index (χ3v) is 5.01. The maximum Gasteiger partial charge on any atom is 0.320 e. The predicted octanol–water partition coefficient (Wildman–Crippen LogP) is 3.81. The smallest absolute Gasteiger partial charge is 0.320 e. The van der Waals surface area contributed by atoms with Gasteiger partial charge in [-0.2, -0.15) is 0 Å². The average molecular weight is 250 g/mol. The van der Waals surface area contributed by atoms with Crippen LogP contribution in [-0.2, 0) is 4.79 Å². The van der Waals surface area contributed by atoms with Gasteiger partial charge < -0.3 is 5.11 Å². The molecule has 0 amide bonds. The van der Waals surface area contributed by atoms with Crippen molar-refractivity contribution in [2.24, 2.45) is 5.92 Å². The first-order valence-electron chi connectivity index (χ1n) is 6.10. The van der Waals surface area contributed by atoms with Crippen LogP contribution in [0.1, 0.15) is 32.6 Å². The van der Waals surface area contributed by atoms with E-state index in [9.17, 15) is 9.90 Å². The lowest BCUT2D eigenvalue weighted by atomic mass is 9.82. The van der Waals surface area contributed by atoms with Crippen molar-refractivity contribution < 1.29 is 9.90 Å². The molecular formula is C14H18O2S. The summed E-state index contributed by atoms with van der Waals surface area (Å²) in [7, 11) is 0. The Hall–Kier alpha value is -0.960. The second kappa shape index (κ2) is 5.13. The summed E-state index contributed by atoms with van der Waals surface area (Å²) in [4.78, 5) is 12.6. The molecular weight excluding hydrogens is 232 g/mol. The minimum absolute atomic E-state index is 0.603. The highest BCUT2D eigenvalue weighted by atomic mass is 32.2. The fourth-order valence-corrected chi connectivity index (χ4v) is 3.57. The van der Waals surface area contributed by atoms with E-state index in [0.717, 1.165) is 30.6 Å². The molecule has 1 aromatic carbocycles. The Morgan fingerprint density at radius 2 is 1.88 bits per heavy atom. The summed E-state index contributed by atoms with van der Waals surface area (Å²) >= 11 is 1.52. The Labute approximate surface area is 106 Å². The number of rotatable bonds is 3. The molecule has 1 fully saturated rings. The standard InChI is InChI=1S/C14H18O2S/c1-11-7-9-14(10-8-11,13(15)16)17-12-5-3-2-4-6-12/h2-6,11H,7-10H2,1H3,(H,15,16). The molecule has 0 atom stereocenters. The predicted molar refractivity (Wildman–Crippen MR) is 70.3 cm³/mol. The van der Waals surface area contributed by atoms with Crippen LogP contribution in [-0.4, -0.2) is 15.8 Å². The van der Waals surface area contributed by atoms with Crippen LogP contribution in [0, 0.1) is 5.92 Å². The van der Waals surface area contributed by atoms with Crippen molar-refractivity contribution in [1.29, 1.82) is 0 Å². The molecule has 0 heterocycles. The van der Waals surface area contributed by atoms with E-state index >= 15 is 0 Å². The molecule has 1 aliphatic rings. The van der Waals surface area contributed by atoms with Gasteiger partial charge in [-0.15, -0.1) is 11.8 Å². The number of hydrogen-bond donors (Lipinski definition) is 1. The first-order valence-corrected chi connectivity index (χ1v) is 6.91. The van der Waals surface area contributed by atoms with E-state index in [-0.39, 0.29) is 0 Å². The molecule has 1 aromatic rings. The van der Waals surface area contributed by atoms with Gasteiger partial charge in [0.15, 0.2) is 0 Å². The van der Waals surface area contributed by atoms with E-state index in [1.807, 2.05) is 30.3 Å². The zero-order valence-electron chi connectivity index (χ0n) is 10.1. The largest absolute Gasteiger partial charge is 0.480 e. The average Bonchev–Trinajstić information content (AvgIpc) is 2.33. The van der Waals surface area contributed by atoms with Gasteiger partial charge in [0.05, 0.1) is 0 Å². The first-order chi connectivity index (χ1) is 8.12. The van der Waals surface area contributed by atoms with Gasteiger partial charge in [-0.1, -0.05) is 25.1 Å². The molecule has 0 bridgehead atoms. The van der Waals surface area contributed by atoms with Gasteiger partial charge in [0, 0.05) is 4.90 Å². The van der Waals surface area contributed by atoms with Gasteiger partial charge in [0.25, 0.3) is 0 Å². The van der Waals surface area contributed by atoms with E-state index in [0.29, 0.717) is 5.92 Å². The molecule has 1 aliphatic carbocycles. The fourth-order valence-electron chi connectivity index (χ4n) is 2.30. The van der Waals surface area contributed by atoms with Crippen molar-refractivity contribution in [2.45, 2.75) is 42.2 Å². The van der Waals surface area contributed by atoms with Crippen LogP contribution in [0.2, 0.25) is 0 Å². The van der Waals surface area contributed by atoms with Crippen molar-refractivity contribution in [3.63, 3.8) is 0 Å². The summed E-state index contributed by atoms with van der Waals surface area (Å²) in [6.07, 6.45) is 3.60. The van der Waals surface area contributed by atoms with Gasteiger partial charge in [-0.25, -0.2) is 0 Å². The van der Waals surface area contributed by atoms with Crippen LogP contribution < -0.4 is 0 Å². The summed E-state index contributed by atoms with van der Waals surface area (Å²) in [5, 5.41) is 9.52. The zero-order valence-corrected chi connectivity index (χ0v) is 10.9. The molecule has 0 saturated heterocycles. The molecule has 0 unspecified atom stereocenters. The maximum atomic E-state index is 11.6. The Balaban J connectivity index is 2.15. The third-order valence-electron chi connectivity index (χ3n) is 3.53. The number of benzene rings is 1. The molecule has 0 radical (unpaired) electrons. The molecule has 17 heavy (non-hydrogen) atoms. The second-order valence-electron chi connectivity index (χ2n) is 4.90. The number of carboxylic acid groups (broad SMARTS) is 1. The minimum Gasteiger partial charge on any atom is -0.480 e. The summed E-state index contributed by atoms with van der Waals surface area (Å²) in [5.41, 5.74) is 0. The highest BCUT2D eigenvalue weighted by Gasteiger charge is 2.42. The zero-order chi connectivity index (χ0) is 12.3. The first kappa shape index (κ1) is 12.5. The molecule has 0 spiro atoms. The van der Waals surface area contributed by atoms with Crippen LogP contribution in [0.3, 0.4) is 0 Å². The second-order valence-corrected chi connectivity index (χ2v) is 6.35. The van der Waals surface area contributed by atoms with Crippen molar-refractivity contribution in [3.05, 3.63) is 30.3 Å². The van der Waals surface area contributed by atoms with Crippen LogP contribution >= 0.6 is 11.8 Å². The summed E-state index contributed by atoms with van der Waals surface area (Å²) in [5.74, 6) is 0.0112. The van der Waals surface area contributed by atoms with Crippen LogP contribution in [0.5, 0.6) is 0 Å². The van der Waals surface area contributed by atoms with Crippen LogP contribution in [0.4, 0.5) is 0 Å². The molecule has 1 N–H and O–H groups in total. The number of aliphatic carboxylic acids is 1. The molecule has 0 aliphatic heterocycles. The van der Waals surface area contributed by atoms with Gasteiger partial charge in [0.1, 0.15) is 4.75 Å². The van der Waals surface area contributed by atoms with Crippen molar-refractivity contribution in [1.82, 2.24) is 0 Å². The number of carbonyl (C=O) groups is 1. The van der Waals surface area contributed by atoms with Crippen LogP contribution in [0.15, 0.2) is 35.2 Å². The maximum absolute atomic E-state index is 11.6. The van der Waals surface area contributed by atoms with E-state index in [2.05, 4.69) is 6.92 Å². The SMILES string of the molecule is CC1CCC(Sc2ccccc2)(C(=O)O)CC1. The monoisotopic (exact) mass is 250 g/mol. The van der Waals surface area contributed by atoms with Gasteiger partial charge in [0.2, 0.25) is 0 Å². The lowest BCUT2D eigenvalue weighted by molar-refractivity contribution is -0.141. The lowest BCUT2D eigenvalue weighted by Crippen LogP contribution is -2.38. The molecule has 0 aromatic heterocycles. The fraction of sp³-hybridized carbons (Fsp3) is 0.500. The minimum atomic E-state index is -0.654. The number of hydrogen-bond acceptors (Lipinski definition) is 2. The van der Waals surface area contributed by atoms with Gasteiger partial charge in [-0.3, -0.25) is 4.79 Å². The Morgan fingerprint density at radius 1 is 1.29 bits per heavy atom. The quantitative estimate of drug-likeness (QED) is 0.886. The van der Waals surface area contributed by atoms with E-state index in [4.69, 9.17) is 0 Å². The van der Waals surface area contributed by atoms with Crippen molar-refractivity contribution >= 4 is 17.7 Å². The number of thioether (sulfide) groups is 1. The molecule has 3 heteroatoms. The molecule has 2 nitrogen and oxygen atoms in total. The Kier molecular flexibility index (Phi) is 3.77. The molecule has 2 rings (SSSR count). The van der Waals surface area contributed by atoms with Gasteiger partial charge >= 0.3 is 5.97 Å². The van der Waals surface area contributed by atoms with E-state index in [1.54, 1.807) is 0 Å². The lowest BCUT2D eigenvalue weighted by Gasteiger charge is -2.35. The third kappa shape index (κ3) is 2.83. The Bertz CT molecular complexity index is 380. The number of carboxylic acids is 1. The van der Waals surface area contributed by atoms with Crippen molar-refractivity contribution in [2.75, 3.05) is 0 Å². The topological polar surface area (TPSA) is 37.3 Å². The van der Waals surface area contributed by atoms with Crippen molar-refractivity contribution in [3.8, 4) is 0 Å². The van der Waals surface area contributed by atoms with E-state index < -0.39 is 10.7 Å².